The van der Waals surface area contributed by atoms with Gasteiger partial charge in [-0.2, -0.15) is 0 Å². The molecule has 8 heteroatoms. The first kappa shape index (κ1) is 11.6. The number of pyridine rings is 1. The van der Waals surface area contributed by atoms with Crippen molar-refractivity contribution in [3.8, 4) is 0 Å². The van der Waals surface area contributed by atoms with Gasteiger partial charge in [0.05, 0.1) is 18.4 Å². The van der Waals surface area contributed by atoms with Gasteiger partial charge >= 0.3 is 0 Å². The number of nitrogens with zero attached hydrogens (tertiary/aromatic N) is 5. The monoisotopic (exact) mass is 259 g/mol. The second-order valence-electron chi connectivity index (χ2n) is 4.24. The SMILES string of the molecule is NNc1ccc(C(=O)N2CCn3cnnc3C2)nc1. The fraction of sp³-hybridized carbons (Fsp3) is 0.273. The van der Waals surface area contributed by atoms with E-state index in [0.29, 0.717) is 31.0 Å². The molecule has 19 heavy (non-hydrogen) atoms. The molecule has 98 valence electrons. The van der Waals surface area contributed by atoms with E-state index < -0.39 is 0 Å². The van der Waals surface area contributed by atoms with Crippen LogP contribution in [0, 0.1) is 0 Å². The molecule has 0 bridgehead atoms. The predicted octanol–water partition coefficient (Wildman–Crippen LogP) is -0.385. The average molecular weight is 259 g/mol. The van der Waals surface area contributed by atoms with Crippen LogP contribution in [-0.4, -0.2) is 37.1 Å². The maximum absolute atomic E-state index is 12.3. The van der Waals surface area contributed by atoms with E-state index in [4.69, 9.17) is 5.84 Å². The molecule has 0 unspecified atom stereocenters. The van der Waals surface area contributed by atoms with Crippen LogP contribution in [-0.2, 0) is 13.1 Å². The molecule has 8 nitrogen and oxygen atoms in total. The van der Waals surface area contributed by atoms with Gasteiger partial charge in [0.25, 0.3) is 5.91 Å². The Bertz CT molecular complexity index is 591. The normalized spacial score (nSPS) is 14.1. The highest BCUT2D eigenvalue weighted by molar-refractivity contribution is 5.92. The summed E-state index contributed by atoms with van der Waals surface area (Å²) in [5.74, 6) is 5.94. The Morgan fingerprint density at radius 1 is 1.37 bits per heavy atom. The van der Waals surface area contributed by atoms with Crippen molar-refractivity contribution in [3.63, 3.8) is 0 Å². The van der Waals surface area contributed by atoms with Gasteiger partial charge in [0.15, 0.2) is 5.82 Å². The molecule has 0 radical (unpaired) electrons. The lowest BCUT2D eigenvalue weighted by atomic mass is 10.2. The Morgan fingerprint density at radius 3 is 3.00 bits per heavy atom. The second kappa shape index (κ2) is 4.65. The molecule has 1 aliphatic heterocycles. The summed E-state index contributed by atoms with van der Waals surface area (Å²) >= 11 is 0. The van der Waals surface area contributed by atoms with Gasteiger partial charge in [-0.25, -0.2) is 4.98 Å². The molecule has 0 aromatic carbocycles. The smallest absolute Gasteiger partial charge is 0.272 e. The molecule has 3 N–H and O–H groups in total. The number of hydrogen-bond donors (Lipinski definition) is 2. The number of fused-ring (bicyclic) bond motifs is 1. The second-order valence-corrected chi connectivity index (χ2v) is 4.24. The first-order valence-electron chi connectivity index (χ1n) is 5.86. The maximum atomic E-state index is 12.3. The van der Waals surface area contributed by atoms with Gasteiger partial charge in [0, 0.05) is 13.1 Å². The Kier molecular flexibility index (Phi) is 2.84. The molecule has 0 saturated carbocycles. The van der Waals surface area contributed by atoms with Gasteiger partial charge in [-0.3, -0.25) is 10.6 Å². The zero-order chi connectivity index (χ0) is 13.2. The topological polar surface area (TPSA) is 102 Å². The number of anilines is 1. The van der Waals surface area contributed by atoms with Gasteiger partial charge in [0.2, 0.25) is 0 Å². The standard InChI is InChI=1S/C11H13N7O/c12-15-8-1-2-9(13-5-8)11(19)17-3-4-18-7-14-16-10(18)6-17/h1-2,5,7,15H,3-4,6,12H2. The zero-order valence-corrected chi connectivity index (χ0v) is 10.2. The number of aromatic nitrogens is 4. The van der Waals surface area contributed by atoms with E-state index in [0.717, 1.165) is 5.82 Å². The van der Waals surface area contributed by atoms with E-state index in [-0.39, 0.29) is 5.91 Å². The maximum Gasteiger partial charge on any atom is 0.272 e. The Morgan fingerprint density at radius 2 is 2.26 bits per heavy atom. The number of carbonyl (C=O) groups excluding carboxylic acids is 1. The van der Waals surface area contributed by atoms with Crippen LogP contribution in [0.5, 0.6) is 0 Å². The van der Waals surface area contributed by atoms with E-state index in [1.54, 1.807) is 23.4 Å². The Hall–Kier alpha value is -2.48. The lowest BCUT2D eigenvalue weighted by molar-refractivity contribution is 0.0701. The van der Waals surface area contributed by atoms with Gasteiger partial charge in [-0.1, -0.05) is 0 Å². The molecule has 2 aromatic rings. The molecule has 0 atom stereocenters. The van der Waals surface area contributed by atoms with Gasteiger partial charge < -0.3 is 14.9 Å². The molecular formula is C11H13N7O. The number of carbonyl (C=O) groups is 1. The summed E-state index contributed by atoms with van der Waals surface area (Å²) in [6, 6.07) is 3.36. The van der Waals surface area contributed by atoms with Crippen molar-refractivity contribution in [2.75, 3.05) is 12.0 Å². The molecule has 0 spiro atoms. The zero-order valence-electron chi connectivity index (χ0n) is 10.2. The van der Waals surface area contributed by atoms with Crippen LogP contribution in [0.15, 0.2) is 24.7 Å². The molecule has 1 amide bonds. The average Bonchev–Trinajstić information content (AvgIpc) is 2.94. The quantitative estimate of drug-likeness (QED) is 0.563. The van der Waals surface area contributed by atoms with E-state index in [9.17, 15) is 4.79 Å². The summed E-state index contributed by atoms with van der Waals surface area (Å²) in [5.41, 5.74) is 3.53. The van der Waals surface area contributed by atoms with Crippen LogP contribution in [0.2, 0.25) is 0 Å². The summed E-state index contributed by atoms with van der Waals surface area (Å²) < 4.78 is 1.94. The van der Waals surface area contributed by atoms with Crippen molar-refractivity contribution in [3.05, 3.63) is 36.2 Å². The minimum atomic E-state index is -0.113. The van der Waals surface area contributed by atoms with Crippen molar-refractivity contribution >= 4 is 11.6 Å². The highest BCUT2D eigenvalue weighted by Crippen LogP contribution is 2.13. The number of hydrogen-bond acceptors (Lipinski definition) is 6. The van der Waals surface area contributed by atoms with Crippen molar-refractivity contribution in [1.82, 2.24) is 24.6 Å². The Labute approximate surface area is 109 Å². The fourth-order valence-electron chi connectivity index (χ4n) is 2.01. The summed E-state index contributed by atoms with van der Waals surface area (Å²) in [5, 5.41) is 7.81. The Balaban J connectivity index is 1.77. The number of nitrogen functional groups attached to an aromatic ring is 1. The lowest BCUT2D eigenvalue weighted by Crippen LogP contribution is -2.38. The molecule has 0 fully saturated rings. The van der Waals surface area contributed by atoms with Crippen LogP contribution >= 0.6 is 0 Å². The summed E-state index contributed by atoms with van der Waals surface area (Å²) in [6.45, 7) is 1.79. The van der Waals surface area contributed by atoms with E-state index >= 15 is 0 Å². The number of nitrogens with two attached hydrogens (primary N) is 1. The van der Waals surface area contributed by atoms with Crippen molar-refractivity contribution in [1.29, 1.82) is 0 Å². The predicted molar refractivity (Wildman–Crippen MR) is 66.8 cm³/mol. The lowest BCUT2D eigenvalue weighted by Gasteiger charge is -2.26. The fourth-order valence-corrected chi connectivity index (χ4v) is 2.01. The number of rotatable bonds is 2. The number of nitrogens with one attached hydrogen (secondary N) is 1. The van der Waals surface area contributed by atoms with Crippen molar-refractivity contribution in [2.24, 2.45) is 5.84 Å². The summed E-state index contributed by atoms with van der Waals surface area (Å²) in [4.78, 5) is 18.1. The van der Waals surface area contributed by atoms with Crippen molar-refractivity contribution < 1.29 is 4.79 Å². The van der Waals surface area contributed by atoms with Crippen LogP contribution in [0.1, 0.15) is 16.3 Å². The van der Waals surface area contributed by atoms with Crippen LogP contribution in [0.4, 0.5) is 5.69 Å². The van der Waals surface area contributed by atoms with Gasteiger partial charge in [0.1, 0.15) is 12.0 Å². The first-order chi connectivity index (χ1) is 9.28. The third-order valence-corrected chi connectivity index (χ3v) is 3.08. The minimum Gasteiger partial charge on any atom is -0.328 e. The highest BCUT2D eigenvalue weighted by atomic mass is 16.2. The number of amides is 1. The molecule has 0 saturated heterocycles. The molecule has 3 rings (SSSR count). The molecule has 0 aliphatic carbocycles. The summed E-state index contributed by atoms with van der Waals surface area (Å²) in [6.07, 6.45) is 3.21. The molecular weight excluding hydrogens is 246 g/mol. The third-order valence-electron chi connectivity index (χ3n) is 3.08. The molecule has 2 aromatic heterocycles. The van der Waals surface area contributed by atoms with Gasteiger partial charge in [-0.05, 0) is 12.1 Å². The van der Waals surface area contributed by atoms with Crippen LogP contribution in [0.3, 0.4) is 0 Å². The highest BCUT2D eigenvalue weighted by Gasteiger charge is 2.23. The largest absolute Gasteiger partial charge is 0.328 e. The van der Waals surface area contributed by atoms with Gasteiger partial charge in [-0.15, -0.1) is 10.2 Å². The minimum absolute atomic E-state index is 0.113. The first-order valence-corrected chi connectivity index (χ1v) is 5.86. The molecule has 1 aliphatic rings. The third kappa shape index (κ3) is 2.13. The molecule has 3 heterocycles. The summed E-state index contributed by atoms with van der Waals surface area (Å²) in [7, 11) is 0. The van der Waals surface area contributed by atoms with E-state index in [1.165, 1.54) is 6.20 Å². The number of hydrazine groups is 1. The van der Waals surface area contributed by atoms with Crippen molar-refractivity contribution in [2.45, 2.75) is 13.1 Å². The van der Waals surface area contributed by atoms with E-state index in [2.05, 4.69) is 20.6 Å². The van der Waals surface area contributed by atoms with E-state index in [1.807, 2.05) is 4.57 Å². The van der Waals surface area contributed by atoms with Crippen LogP contribution in [0.25, 0.3) is 0 Å². The van der Waals surface area contributed by atoms with Crippen LogP contribution < -0.4 is 11.3 Å².